The molecule has 0 aromatic heterocycles. The van der Waals surface area contributed by atoms with E-state index >= 15 is 0 Å². The predicted octanol–water partition coefficient (Wildman–Crippen LogP) is 4.16. The maximum absolute atomic E-state index is 12.4. The predicted molar refractivity (Wildman–Crippen MR) is 39.7 cm³/mol. The first kappa shape index (κ1) is 13.6. The van der Waals surface area contributed by atoms with E-state index in [1.54, 1.807) is 0 Å². The summed E-state index contributed by atoms with van der Waals surface area (Å²) >= 11 is 0. The first-order valence-corrected chi connectivity index (χ1v) is 3.88. The topological polar surface area (TPSA) is 0 Å². The second kappa shape index (κ2) is 3.03. The third-order valence-electron chi connectivity index (χ3n) is 2.98. The zero-order chi connectivity index (χ0) is 12.0. The maximum Gasteiger partial charge on any atom is 0.394 e. The van der Waals surface area contributed by atoms with Gasteiger partial charge in [0.05, 0.1) is 10.8 Å². The highest BCUT2D eigenvalue weighted by atomic mass is 19.4. The first-order valence-electron chi connectivity index (χ1n) is 3.88. The Bertz CT molecular complexity index is 183. The molecule has 0 N–H and O–H groups in total. The van der Waals surface area contributed by atoms with E-state index in [0.717, 1.165) is 0 Å². The normalized spacial score (nSPS) is 15.9. The van der Waals surface area contributed by atoms with Gasteiger partial charge in [-0.2, -0.15) is 26.3 Å². The molecule has 0 radical (unpaired) electrons. The van der Waals surface area contributed by atoms with Gasteiger partial charge in [0.1, 0.15) is 0 Å². The van der Waals surface area contributed by atoms with Crippen molar-refractivity contribution in [1.82, 2.24) is 0 Å². The fourth-order valence-electron chi connectivity index (χ4n) is 0.709. The van der Waals surface area contributed by atoms with Crippen LogP contribution in [0.3, 0.4) is 0 Å². The van der Waals surface area contributed by atoms with Crippen LogP contribution < -0.4 is 0 Å². The summed E-state index contributed by atoms with van der Waals surface area (Å²) in [4.78, 5) is 0. The molecule has 6 heteroatoms. The molecule has 0 aromatic carbocycles. The Kier molecular flexibility index (Phi) is 2.94. The lowest BCUT2D eigenvalue weighted by Gasteiger charge is -2.43. The van der Waals surface area contributed by atoms with Gasteiger partial charge in [0, 0.05) is 0 Å². The van der Waals surface area contributed by atoms with Crippen molar-refractivity contribution in [1.29, 1.82) is 0 Å². The van der Waals surface area contributed by atoms with E-state index in [2.05, 4.69) is 0 Å². The second-order valence-electron chi connectivity index (χ2n) is 4.25. The molecule has 0 saturated heterocycles. The Morgan fingerprint density at radius 1 is 0.500 bits per heavy atom. The Labute approximate surface area is 78.3 Å². The molecular weight excluding hydrogens is 210 g/mol. The Balaban J connectivity index is 5.30. The summed E-state index contributed by atoms with van der Waals surface area (Å²) in [5.74, 6) is 0. The minimum absolute atomic E-state index is 0.556. The standard InChI is InChI=1S/C8H12F6/c1-5(2,7(9,10)11)6(3,4)8(12,13)14/h1-4H3. The van der Waals surface area contributed by atoms with E-state index < -0.39 is 23.2 Å². The number of hydrogen-bond acceptors (Lipinski definition) is 0. The number of alkyl halides is 6. The minimum atomic E-state index is -4.88. The zero-order valence-electron chi connectivity index (χ0n) is 8.27. The van der Waals surface area contributed by atoms with Crippen LogP contribution in [-0.4, -0.2) is 12.4 Å². The van der Waals surface area contributed by atoms with Crippen LogP contribution in [0.15, 0.2) is 0 Å². The van der Waals surface area contributed by atoms with E-state index in [-0.39, 0.29) is 0 Å². The summed E-state index contributed by atoms with van der Waals surface area (Å²) in [6.45, 7) is 2.22. The van der Waals surface area contributed by atoms with Crippen molar-refractivity contribution < 1.29 is 26.3 Å². The van der Waals surface area contributed by atoms with Gasteiger partial charge in [-0.3, -0.25) is 0 Å². The van der Waals surface area contributed by atoms with E-state index in [1.807, 2.05) is 0 Å². The van der Waals surface area contributed by atoms with Crippen LogP contribution in [0.2, 0.25) is 0 Å². The van der Waals surface area contributed by atoms with Crippen molar-refractivity contribution in [3.63, 3.8) is 0 Å². The van der Waals surface area contributed by atoms with Crippen molar-refractivity contribution in [3.8, 4) is 0 Å². The summed E-state index contributed by atoms with van der Waals surface area (Å²) in [6, 6.07) is 0. The summed E-state index contributed by atoms with van der Waals surface area (Å²) in [7, 11) is 0. The molecule has 0 heterocycles. The third kappa shape index (κ3) is 1.83. The molecule has 86 valence electrons. The largest absolute Gasteiger partial charge is 0.394 e. The van der Waals surface area contributed by atoms with E-state index in [4.69, 9.17) is 0 Å². The van der Waals surface area contributed by atoms with E-state index in [0.29, 0.717) is 27.7 Å². The van der Waals surface area contributed by atoms with Gasteiger partial charge in [-0.15, -0.1) is 0 Å². The van der Waals surface area contributed by atoms with Crippen molar-refractivity contribution >= 4 is 0 Å². The van der Waals surface area contributed by atoms with Crippen molar-refractivity contribution in [3.05, 3.63) is 0 Å². The van der Waals surface area contributed by atoms with Gasteiger partial charge >= 0.3 is 12.4 Å². The molecule has 14 heavy (non-hydrogen) atoms. The lowest BCUT2D eigenvalue weighted by Crippen LogP contribution is -2.52. The van der Waals surface area contributed by atoms with E-state index in [9.17, 15) is 26.3 Å². The van der Waals surface area contributed by atoms with Crippen LogP contribution in [0.1, 0.15) is 27.7 Å². The number of hydrogen-bond donors (Lipinski definition) is 0. The molecule has 0 spiro atoms. The number of halogens is 6. The van der Waals surface area contributed by atoms with Gasteiger partial charge in [-0.05, 0) is 0 Å². The number of rotatable bonds is 1. The highest BCUT2D eigenvalue weighted by molar-refractivity contribution is 4.95. The molecule has 0 aliphatic rings. The average Bonchev–Trinajstić information content (AvgIpc) is 1.81. The van der Waals surface area contributed by atoms with Crippen LogP contribution >= 0.6 is 0 Å². The molecule has 0 bridgehead atoms. The smallest absolute Gasteiger partial charge is 0.170 e. The Morgan fingerprint density at radius 3 is 0.714 bits per heavy atom. The molecule has 0 unspecified atom stereocenters. The average molecular weight is 222 g/mol. The fraction of sp³-hybridized carbons (Fsp3) is 1.00. The van der Waals surface area contributed by atoms with Crippen molar-refractivity contribution in [2.75, 3.05) is 0 Å². The molecule has 0 aliphatic carbocycles. The lowest BCUT2D eigenvalue weighted by atomic mass is 9.67. The molecule has 0 aliphatic heterocycles. The summed E-state index contributed by atoms with van der Waals surface area (Å²) in [6.07, 6.45) is -9.77. The summed E-state index contributed by atoms with van der Waals surface area (Å²) in [5.41, 5.74) is -5.61. The lowest BCUT2D eigenvalue weighted by molar-refractivity contribution is -0.321. The van der Waals surface area contributed by atoms with Crippen LogP contribution in [0.4, 0.5) is 26.3 Å². The van der Waals surface area contributed by atoms with Crippen molar-refractivity contribution in [2.24, 2.45) is 10.8 Å². The SMILES string of the molecule is CC(C)(C(F)(F)F)C(C)(C)C(F)(F)F. The fourth-order valence-corrected chi connectivity index (χ4v) is 0.709. The highest BCUT2D eigenvalue weighted by Crippen LogP contribution is 2.57. The van der Waals surface area contributed by atoms with Gasteiger partial charge < -0.3 is 0 Å². The molecule has 0 nitrogen and oxygen atoms in total. The Hall–Kier alpha value is -0.420. The molecule has 0 rings (SSSR count). The van der Waals surface area contributed by atoms with Gasteiger partial charge in [-0.25, -0.2) is 0 Å². The Morgan fingerprint density at radius 2 is 0.643 bits per heavy atom. The first-order chi connectivity index (χ1) is 5.75. The zero-order valence-corrected chi connectivity index (χ0v) is 8.27. The molecule has 0 aromatic rings. The molecule has 0 fully saturated rings. The summed E-state index contributed by atoms with van der Waals surface area (Å²) < 4.78 is 74.2. The minimum Gasteiger partial charge on any atom is -0.170 e. The van der Waals surface area contributed by atoms with Crippen LogP contribution in [0, 0.1) is 10.8 Å². The van der Waals surface area contributed by atoms with Gasteiger partial charge in [0.15, 0.2) is 0 Å². The monoisotopic (exact) mass is 222 g/mol. The quantitative estimate of drug-likeness (QED) is 0.584. The van der Waals surface area contributed by atoms with Crippen LogP contribution in [0.25, 0.3) is 0 Å². The third-order valence-corrected chi connectivity index (χ3v) is 2.98. The highest BCUT2D eigenvalue weighted by Gasteiger charge is 2.66. The van der Waals surface area contributed by atoms with Gasteiger partial charge in [-0.1, -0.05) is 27.7 Å². The molecule has 0 amide bonds. The molecule has 0 saturated carbocycles. The van der Waals surface area contributed by atoms with Crippen LogP contribution in [0.5, 0.6) is 0 Å². The van der Waals surface area contributed by atoms with Crippen molar-refractivity contribution in [2.45, 2.75) is 40.0 Å². The second-order valence-corrected chi connectivity index (χ2v) is 4.25. The van der Waals surface area contributed by atoms with Crippen LogP contribution in [-0.2, 0) is 0 Å². The molecular formula is C8H12F6. The molecule has 0 atom stereocenters. The van der Waals surface area contributed by atoms with Gasteiger partial charge in [0.2, 0.25) is 0 Å². The van der Waals surface area contributed by atoms with Gasteiger partial charge in [0.25, 0.3) is 0 Å². The van der Waals surface area contributed by atoms with E-state index in [1.165, 1.54) is 0 Å². The maximum atomic E-state index is 12.4. The summed E-state index contributed by atoms with van der Waals surface area (Å²) in [5, 5.41) is 0.